The molecule has 0 radical (unpaired) electrons. The van der Waals surface area contributed by atoms with Crippen LogP contribution in [-0.4, -0.2) is 32.8 Å². The summed E-state index contributed by atoms with van der Waals surface area (Å²) in [5, 5.41) is 15.3. The Morgan fingerprint density at radius 3 is 3.00 bits per heavy atom. The van der Waals surface area contributed by atoms with E-state index in [1.807, 2.05) is 6.92 Å². The highest BCUT2D eigenvalue weighted by molar-refractivity contribution is 5.95. The average molecular weight is 266 g/mol. The predicted octanol–water partition coefficient (Wildman–Crippen LogP) is 0.424. The smallest absolute Gasteiger partial charge is 0.325 e. The largest absolute Gasteiger partial charge is 0.480 e. The zero-order valence-electron chi connectivity index (χ0n) is 10.8. The number of anilines is 1. The van der Waals surface area contributed by atoms with Crippen LogP contribution in [0.5, 0.6) is 0 Å². The molecule has 1 aromatic heterocycles. The average Bonchev–Trinajstić information content (AvgIpc) is 2.87. The van der Waals surface area contributed by atoms with Crippen molar-refractivity contribution in [2.24, 2.45) is 11.1 Å². The van der Waals surface area contributed by atoms with Crippen molar-refractivity contribution in [2.45, 2.75) is 38.8 Å². The van der Waals surface area contributed by atoms with Crippen LogP contribution in [0, 0.1) is 5.41 Å². The van der Waals surface area contributed by atoms with Gasteiger partial charge < -0.3 is 16.2 Å². The number of nitrogens with two attached hydrogens (primary N) is 1. The fraction of sp³-hybridized carbons (Fsp3) is 0.583. The molecule has 0 saturated heterocycles. The molecule has 7 heteroatoms. The molecule has 0 aliphatic heterocycles. The summed E-state index contributed by atoms with van der Waals surface area (Å²) in [6.07, 6.45) is 5.50. The summed E-state index contributed by atoms with van der Waals surface area (Å²) in [4.78, 5) is 22.8. The van der Waals surface area contributed by atoms with E-state index < -0.39 is 11.4 Å². The summed E-state index contributed by atoms with van der Waals surface area (Å²) < 4.78 is 1.26. The highest BCUT2D eigenvalue weighted by Gasteiger charge is 2.43. The van der Waals surface area contributed by atoms with Crippen LogP contribution < -0.4 is 11.1 Å². The summed E-state index contributed by atoms with van der Waals surface area (Å²) >= 11 is 0. The van der Waals surface area contributed by atoms with Crippen LogP contribution in [0.2, 0.25) is 0 Å². The molecule has 1 fully saturated rings. The fourth-order valence-corrected chi connectivity index (χ4v) is 2.40. The SMILES string of the molecule is CC1(C(=O)Nc2cnn(CC(=O)O)c2)CCCC1N. The minimum absolute atomic E-state index is 0.132. The Balaban J connectivity index is 2.03. The second-order valence-corrected chi connectivity index (χ2v) is 5.19. The molecule has 19 heavy (non-hydrogen) atoms. The second kappa shape index (κ2) is 5.00. The van der Waals surface area contributed by atoms with E-state index in [2.05, 4.69) is 10.4 Å². The number of rotatable bonds is 4. The minimum Gasteiger partial charge on any atom is -0.480 e. The molecule has 0 aromatic carbocycles. The van der Waals surface area contributed by atoms with Gasteiger partial charge in [0.15, 0.2) is 0 Å². The van der Waals surface area contributed by atoms with Crippen LogP contribution in [0.3, 0.4) is 0 Å². The van der Waals surface area contributed by atoms with Crippen LogP contribution >= 0.6 is 0 Å². The Bertz CT molecular complexity index is 499. The first-order valence-corrected chi connectivity index (χ1v) is 6.23. The van der Waals surface area contributed by atoms with E-state index in [1.165, 1.54) is 17.1 Å². The van der Waals surface area contributed by atoms with Gasteiger partial charge in [-0.1, -0.05) is 6.42 Å². The lowest BCUT2D eigenvalue weighted by Crippen LogP contribution is -2.44. The van der Waals surface area contributed by atoms with E-state index >= 15 is 0 Å². The van der Waals surface area contributed by atoms with E-state index in [-0.39, 0.29) is 18.5 Å². The summed E-state index contributed by atoms with van der Waals surface area (Å²) in [6, 6.07) is -0.137. The predicted molar refractivity (Wildman–Crippen MR) is 68.4 cm³/mol. The van der Waals surface area contributed by atoms with Gasteiger partial charge in [-0.15, -0.1) is 0 Å². The molecule has 1 aliphatic rings. The van der Waals surface area contributed by atoms with Crippen LogP contribution in [0.25, 0.3) is 0 Å². The molecule has 1 aromatic rings. The molecule has 2 unspecified atom stereocenters. The lowest BCUT2D eigenvalue weighted by molar-refractivity contribution is -0.137. The summed E-state index contributed by atoms with van der Waals surface area (Å²) in [5.41, 5.74) is 5.91. The maximum Gasteiger partial charge on any atom is 0.325 e. The molecule has 0 spiro atoms. The number of amides is 1. The van der Waals surface area contributed by atoms with Crippen molar-refractivity contribution in [2.75, 3.05) is 5.32 Å². The van der Waals surface area contributed by atoms with E-state index in [0.29, 0.717) is 5.69 Å². The van der Waals surface area contributed by atoms with Gasteiger partial charge in [-0.25, -0.2) is 0 Å². The molecular formula is C12H18N4O3. The van der Waals surface area contributed by atoms with Gasteiger partial charge in [0.05, 0.1) is 17.3 Å². The zero-order valence-corrected chi connectivity index (χ0v) is 10.8. The standard InChI is InChI=1S/C12H18N4O3/c1-12(4-2-3-9(12)13)11(19)15-8-5-14-16(6-8)7-10(17)18/h5-6,9H,2-4,7,13H2,1H3,(H,15,19)(H,17,18). The van der Waals surface area contributed by atoms with Gasteiger partial charge in [0.1, 0.15) is 6.54 Å². The van der Waals surface area contributed by atoms with Gasteiger partial charge in [0.25, 0.3) is 0 Å². The topological polar surface area (TPSA) is 110 Å². The lowest BCUT2D eigenvalue weighted by Gasteiger charge is -2.27. The van der Waals surface area contributed by atoms with Crippen molar-refractivity contribution in [3.63, 3.8) is 0 Å². The Morgan fingerprint density at radius 2 is 2.42 bits per heavy atom. The number of carbonyl (C=O) groups is 2. The maximum absolute atomic E-state index is 12.2. The Labute approximate surface area is 110 Å². The third-order valence-electron chi connectivity index (χ3n) is 3.74. The third kappa shape index (κ3) is 2.76. The van der Waals surface area contributed by atoms with E-state index in [1.54, 1.807) is 0 Å². The van der Waals surface area contributed by atoms with Crippen LogP contribution in [-0.2, 0) is 16.1 Å². The van der Waals surface area contributed by atoms with Gasteiger partial charge in [-0.05, 0) is 19.8 Å². The summed E-state index contributed by atoms with van der Waals surface area (Å²) in [6.45, 7) is 1.63. The number of nitrogens with one attached hydrogen (secondary N) is 1. The van der Waals surface area contributed by atoms with Crippen LogP contribution in [0.1, 0.15) is 26.2 Å². The fourth-order valence-electron chi connectivity index (χ4n) is 2.40. The molecule has 1 heterocycles. The Hall–Kier alpha value is -1.89. The number of aromatic nitrogens is 2. The molecule has 1 amide bonds. The number of carbonyl (C=O) groups excluding carboxylic acids is 1. The van der Waals surface area contributed by atoms with Crippen LogP contribution in [0.15, 0.2) is 12.4 Å². The monoisotopic (exact) mass is 266 g/mol. The maximum atomic E-state index is 12.2. The number of carboxylic acid groups (broad SMARTS) is 1. The number of carboxylic acids is 1. The van der Waals surface area contributed by atoms with Gasteiger partial charge in [0.2, 0.25) is 5.91 Å². The first-order valence-electron chi connectivity index (χ1n) is 6.23. The Morgan fingerprint density at radius 1 is 1.68 bits per heavy atom. The first-order chi connectivity index (χ1) is 8.91. The number of hydrogen-bond acceptors (Lipinski definition) is 4. The molecule has 4 N–H and O–H groups in total. The minimum atomic E-state index is -0.981. The quantitative estimate of drug-likeness (QED) is 0.731. The molecular weight excluding hydrogens is 248 g/mol. The van der Waals surface area contributed by atoms with Gasteiger partial charge in [0, 0.05) is 12.2 Å². The van der Waals surface area contributed by atoms with Crippen molar-refractivity contribution >= 4 is 17.6 Å². The molecule has 2 rings (SSSR count). The van der Waals surface area contributed by atoms with Crippen molar-refractivity contribution in [3.05, 3.63) is 12.4 Å². The highest BCUT2D eigenvalue weighted by Crippen LogP contribution is 2.37. The number of hydrogen-bond donors (Lipinski definition) is 3. The van der Waals surface area contributed by atoms with Gasteiger partial charge >= 0.3 is 5.97 Å². The third-order valence-corrected chi connectivity index (χ3v) is 3.74. The number of aliphatic carboxylic acids is 1. The molecule has 1 saturated carbocycles. The zero-order chi connectivity index (χ0) is 14.0. The van der Waals surface area contributed by atoms with Crippen molar-refractivity contribution in [1.82, 2.24) is 9.78 Å². The van der Waals surface area contributed by atoms with Crippen molar-refractivity contribution < 1.29 is 14.7 Å². The normalized spacial score (nSPS) is 26.3. The molecule has 104 valence electrons. The molecule has 7 nitrogen and oxygen atoms in total. The first kappa shape index (κ1) is 13.5. The second-order valence-electron chi connectivity index (χ2n) is 5.19. The van der Waals surface area contributed by atoms with Crippen molar-refractivity contribution in [3.8, 4) is 0 Å². The highest BCUT2D eigenvalue weighted by atomic mass is 16.4. The van der Waals surface area contributed by atoms with E-state index in [0.717, 1.165) is 19.3 Å². The summed E-state index contributed by atoms with van der Waals surface area (Å²) in [7, 11) is 0. The van der Waals surface area contributed by atoms with Crippen molar-refractivity contribution in [1.29, 1.82) is 0 Å². The molecule has 1 aliphatic carbocycles. The molecule has 2 atom stereocenters. The molecule has 0 bridgehead atoms. The summed E-state index contributed by atoms with van der Waals surface area (Å²) in [5.74, 6) is -1.11. The number of nitrogens with zero attached hydrogens (tertiary/aromatic N) is 2. The Kier molecular flexibility index (Phi) is 3.57. The lowest BCUT2D eigenvalue weighted by atomic mass is 9.84. The van der Waals surface area contributed by atoms with Crippen LogP contribution in [0.4, 0.5) is 5.69 Å². The van der Waals surface area contributed by atoms with E-state index in [9.17, 15) is 9.59 Å². The van der Waals surface area contributed by atoms with E-state index in [4.69, 9.17) is 10.8 Å². The van der Waals surface area contributed by atoms with Gasteiger partial charge in [-0.2, -0.15) is 5.10 Å². The van der Waals surface area contributed by atoms with Gasteiger partial charge in [-0.3, -0.25) is 14.3 Å².